The van der Waals surface area contributed by atoms with Gasteiger partial charge in [0.1, 0.15) is 5.54 Å². The lowest BCUT2D eigenvalue weighted by Gasteiger charge is -2.37. The highest BCUT2D eigenvalue weighted by Gasteiger charge is 2.41. The number of likely N-dealkylation sites (tertiary alicyclic amines) is 1. The second kappa shape index (κ2) is 6.69. The number of nitriles is 1. The van der Waals surface area contributed by atoms with E-state index in [-0.39, 0.29) is 5.54 Å². The van der Waals surface area contributed by atoms with Crippen LogP contribution in [0.25, 0.3) is 0 Å². The number of nitrogens with zero attached hydrogens (tertiary/aromatic N) is 2. The maximum atomic E-state index is 9.45. The Morgan fingerprint density at radius 1 is 1.47 bits per heavy atom. The summed E-state index contributed by atoms with van der Waals surface area (Å²) in [7, 11) is 1.79. The van der Waals surface area contributed by atoms with Crippen LogP contribution in [-0.2, 0) is 4.74 Å². The van der Waals surface area contributed by atoms with Crippen molar-refractivity contribution in [3.05, 3.63) is 0 Å². The Morgan fingerprint density at radius 3 is 3.00 bits per heavy atom. The van der Waals surface area contributed by atoms with Gasteiger partial charge >= 0.3 is 0 Å². The highest BCUT2D eigenvalue weighted by Crippen LogP contribution is 2.34. The molecule has 4 heteroatoms. The number of hydrogen-bond donors (Lipinski definition) is 1. The molecule has 0 spiro atoms. The van der Waals surface area contributed by atoms with Crippen LogP contribution in [-0.4, -0.2) is 49.8 Å². The highest BCUT2D eigenvalue weighted by atomic mass is 16.5. The number of rotatable bonds is 5. The largest absolute Gasteiger partial charge is 0.384 e. The minimum Gasteiger partial charge on any atom is -0.384 e. The van der Waals surface area contributed by atoms with Gasteiger partial charge < -0.3 is 4.74 Å². The average Bonchev–Trinajstić information content (AvgIpc) is 2.85. The maximum absolute atomic E-state index is 9.45. The molecular formula is C15H27N3O. The van der Waals surface area contributed by atoms with E-state index in [2.05, 4.69) is 23.2 Å². The van der Waals surface area contributed by atoms with Crippen LogP contribution in [0.3, 0.4) is 0 Å². The molecule has 1 aliphatic carbocycles. The zero-order valence-corrected chi connectivity index (χ0v) is 12.3. The smallest absolute Gasteiger partial charge is 0.108 e. The molecule has 1 saturated carbocycles. The summed E-state index contributed by atoms with van der Waals surface area (Å²) >= 11 is 0. The van der Waals surface area contributed by atoms with Crippen LogP contribution in [0, 0.1) is 17.2 Å². The molecule has 0 amide bonds. The zero-order valence-electron chi connectivity index (χ0n) is 12.3. The summed E-state index contributed by atoms with van der Waals surface area (Å²) in [4.78, 5) is 2.60. The van der Waals surface area contributed by atoms with E-state index < -0.39 is 0 Å². The van der Waals surface area contributed by atoms with Crippen LogP contribution in [0.15, 0.2) is 0 Å². The van der Waals surface area contributed by atoms with E-state index in [0.29, 0.717) is 12.0 Å². The molecule has 1 aliphatic heterocycles. The SMILES string of the molecule is CCNC1(C#N)CCC(N2CCCC(COC)C2)C1. The van der Waals surface area contributed by atoms with Gasteiger partial charge in [-0.2, -0.15) is 5.26 Å². The van der Waals surface area contributed by atoms with Crippen LogP contribution in [0.4, 0.5) is 0 Å². The van der Waals surface area contributed by atoms with Gasteiger partial charge in [-0.3, -0.25) is 10.2 Å². The van der Waals surface area contributed by atoms with Crippen molar-refractivity contribution in [1.82, 2.24) is 10.2 Å². The standard InChI is InChI=1S/C15H27N3O/c1-3-17-15(12-16)7-6-14(9-15)18-8-4-5-13(10-18)11-19-2/h13-14,17H,3-11H2,1-2H3. The Kier molecular flexibility index (Phi) is 5.20. The molecule has 1 saturated heterocycles. The molecule has 108 valence electrons. The minimum absolute atomic E-state index is 0.270. The average molecular weight is 265 g/mol. The number of methoxy groups -OCH3 is 1. The molecule has 19 heavy (non-hydrogen) atoms. The maximum Gasteiger partial charge on any atom is 0.108 e. The number of piperidine rings is 1. The molecule has 2 aliphatic rings. The highest BCUT2D eigenvalue weighted by molar-refractivity contribution is 5.13. The van der Waals surface area contributed by atoms with E-state index in [9.17, 15) is 5.26 Å². The van der Waals surface area contributed by atoms with Gasteiger partial charge in [-0.25, -0.2) is 0 Å². The van der Waals surface area contributed by atoms with Crippen molar-refractivity contribution in [3.8, 4) is 6.07 Å². The monoisotopic (exact) mass is 265 g/mol. The summed E-state index contributed by atoms with van der Waals surface area (Å²) in [6, 6.07) is 3.10. The summed E-state index contributed by atoms with van der Waals surface area (Å²) in [6.45, 7) is 6.18. The van der Waals surface area contributed by atoms with Crippen molar-refractivity contribution in [2.75, 3.05) is 33.4 Å². The summed E-state index contributed by atoms with van der Waals surface area (Å²) in [5.41, 5.74) is -0.270. The van der Waals surface area contributed by atoms with Gasteiger partial charge in [0.25, 0.3) is 0 Å². The van der Waals surface area contributed by atoms with Gasteiger partial charge in [0.2, 0.25) is 0 Å². The predicted octanol–water partition coefficient (Wildman–Crippen LogP) is 1.77. The van der Waals surface area contributed by atoms with Crippen LogP contribution in [0.2, 0.25) is 0 Å². The first-order valence-electron chi connectivity index (χ1n) is 7.62. The van der Waals surface area contributed by atoms with E-state index in [1.807, 2.05) is 0 Å². The number of ether oxygens (including phenoxy) is 1. The first-order valence-corrected chi connectivity index (χ1v) is 7.62. The summed E-state index contributed by atoms with van der Waals surface area (Å²) < 4.78 is 5.30. The lowest BCUT2D eigenvalue weighted by molar-refractivity contribution is 0.0681. The van der Waals surface area contributed by atoms with Crippen molar-refractivity contribution >= 4 is 0 Å². The van der Waals surface area contributed by atoms with E-state index in [0.717, 1.165) is 39.0 Å². The molecule has 1 heterocycles. The van der Waals surface area contributed by atoms with Crippen molar-refractivity contribution in [2.45, 2.75) is 50.6 Å². The first kappa shape index (κ1) is 14.8. The normalized spacial score (nSPS) is 36.3. The summed E-state index contributed by atoms with van der Waals surface area (Å²) in [5, 5.41) is 12.8. The van der Waals surface area contributed by atoms with Gasteiger partial charge in [-0.1, -0.05) is 6.92 Å². The fourth-order valence-corrected chi connectivity index (χ4v) is 3.77. The first-order chi connectivity index (χ1) is 9.23. The van der Waals surface area contributed by atoms with Crippen LogP contribution < -0.4 is 5.32 Å². The minimum atomic E-state index is -0.270. The Balaban J connectivity index is 1.91. The van der Waals surface area contributed by atoms with Crippen LogP contribution >= 0.6 is 0 Å². The molecule has 2 fully saturated rings. The predicted molar refractivity (Wildman–Crippen MR) is 75.8 cm³/mol. The second-order valence-corrected chi connectivity index (χ2v) is 6.08. The lowest BCUT2D eigenvalue weighted by atomic mass is 9.95. The third-order valence-electron chi connectivity index (χ3n) is 4.69. The molecule has 3 unspecified atom stereocenters. The van der Waals surface area contributed by atoms with Crippen molar-refractivity contribution in [3.63, 3.8) is 0 Å². The Bertz CT molecular complexity index is 326. The molecule has 0 aromatic heterocycles. The fraction of sp³-hybridized carbons (Fsp3) is 0.933. The van der Waals surface area contributed by atoms with Gasteiger partial charge in [0.15, 0.2) is 0 Å². The van der Waals surface area contributed by atoms with Gasteiger partial charge in [0, 0.05) is 19.7 Å². The third-order valence-corrected chi connectivity index (χ3v) is 4.69. The number of nitrogens with one attached hydrogen (secondary N) is 1. The van der Waals surface area contributed by atoms with Crippen LogP contribution in [0.5, 0.6) is 0 Å². The molecule has 0 radical (unpaired) electrons. The fourth-order valence-electron chi connectivity index (χ4n) is 3.77. The van der Waals surface area contributed by atoms with E-state index in [4.69, 9.17) is 4.74 Å². The third kappa shape index (κ3) is 3.47. The lowest BCUT2D eigenvalue weighted by Crippen LogP contribution is -2.46. The van der Waals surface area contributed by atoms with Crippen molar-refractivity contribution in [1.29, 1.82) is 5.26 Å². The Morgan fingerprint density at radius 2 is 2.32 bits per heavy atom. The Hall–Kier alpha value is -0.630. The van der Waals surface area contributed by atoms with E-state index >= 15 is 0 Å². The molecule has 0 bridgehead atoms. The van der Waals surface area contributed by atoms with Crippen molar-refractivity contribution < 1.29 is 4.74 Å². The molecule has 0 aromatic carbocycles. The molecule has 2 rings (SSSR count). The molecule has 1 N–H and O–H groups in total. The summed E-state index contributed by atoms with van der Waals surface area (Å²) in [6.07, 6.45) is 5.68. The quantitative estimate of drug-likeness (QED) is 0.823. The van der Waals surface area contributed by atoms with E-state index in [1.54, 1.807) is 7.11 Å². The van der Waals surface area contributed by atoms with E-state index in [1.165, 1.54) is 19.4 Å². The molecular weight excluding hydrogens is 238 g/mol. The topological polar surface area (TPSA) is 48.3 Å². The zero-order chi connectivity index (χ0) is 13.7. The van der Waals surface area contributed by atoms with Gasteiger partial charge in [-0.15, -0.1) is 0 Å². The number of hydrogen-bond acceptors (Lipinski definition) is 4. The van der Waals surface area contributed by atoms with Crippen molar-refractivity contribution in [2.24, 2.45) is 5.92 Å². The summed E-state index contributed by atoms with van der Waals surface area (Å²) in [5.74, 6) is 0.676. The molecule has 3 atom stereocenters. The van der Waals surface area contributed by atoms with Crippen LogP contribution in [0.1, 0.15) is 39.0 Å². The Labute approximate surface area is 117 Å². The molecule has 4 nitrogen and oxygen atoms in total. The van der Waals surface area contributed by atoms with Gasteiger partial charge in [0.05, 0.1) is 12.7 Å². The molecule has 0 aromatic rings. The second-order valence-electron chi connectivity index (χ2n) is 6.08. The van der Waals surface area contributed by atoms with Gasteiger partial charge in [-0.05, 0) is 51.1 Å².